The lowest BCUT2D eigenvalue weighted by Gasteiger charge is -2.09. The molecule has 0 aliphatic rings. The normalized spacial score (nSPS) is 12.6. The summed E-state index contributed by atoms with van der Waals surface area (Å²) in [6.45, 7) is 0. The van der Waals surface area contributed by atoms with Gasteiger partial charge in [0, 0.05) is 54.2 Å². The number of thiophene rings is 1. The third-order valence-corrected chi connectivity index (χ3v) is 10.3. The molecule has 4 aromatic heterocycles. The van der Waals surface area contributed by atoms with Crippen molar-refractivity contribution in [2.24, 2.45) is 7.05 Å². The highest BCUT2D eigenvalue weighted by Gasteiger charge is 2.22. The monoisotopic (exact) mass is 526 g/mol. The molecule has 10 aromatic rings. The third kappa shape index (κ3) is 2.41. The number of fused-ring (bicyclic) bond motifs is 9. The second-order valence-electron chi connectivity index (χ2n) is 11.0. The average Bonchev–Trinajstić information content (AvgIpc) is 3.61. The van der Waals surface area contributed by atoms with Gasteiger partial charge < -0.3 is 8.97 Å². The Bertz CT molecular complexity index is 2660. The van der Waals surface area contributed by atoms with Crippen LogP contribution in [0.25, 0.3) is 91.2 Å². The van der Waals surface area contributed by atoms with E-state index in [1.165, 1.54) is 91.2 Å². The lowest BCUT2D eigenvalue weighted by molar-refractivity contribution is 1.02. The molecule has 0 atom stereocenters. The maximum Gasteiger partial charge on any atom is 0.0641 e. The Morgan fingerprint density at radius 2 is 1.20 bits per heavy atom. The summed E-state index contributed by atoms with van der Waals surface area (Å²) in [4.78, 5) is 0. The van der Waals surface area contributed by atoms with Crippen LogP contribution in [0.2, 0.25) is 0 Å². The zero-order chi connectivity index (χ0) is 26.1. The second-order valence-corrected chi connectivity index (χ2v) is 12.0. The summed E-state index contributed by atoms with van der Waals surface area (Å²) >= 11 is 1.90. The van der Waals surface area contributed by atoms with E-state index in [1.807, 2.05) is 11.3 Å². The largest absolute Gasteiger partial charge is 0.344 e. The highest BCUT2D eigenvalue weighted by atomic mass is 32.1. The molecule has 0 aliphatic carbocycles. The molecule has 186 valence electrons. The van der Waals surface area contributed by atoms with Crippen LogP contribution in [-0.2, 0) is 7.05 Å². The van der Waals surface area contributed by atoms with Crippen LogP contribution in [0.3, 0.4) is 0 Å². The molecule has 6 aromatic carbocycles. The van der Waals surface area contributed by atoms with Crippen molar-refractivity contribution in [2.45, 2.75) is 0 Å². The summed E-state index contributed by atoms with van der Waals surface area (Å²) in [6, 6.07) is 42.9. The molecular formula is C37H22N2S. The summed E-state index contributed by atoms with van der Waals surface area (Å²) in [5.41, 5.74) is 8.96. The van der Waals surface area contributed by atoms with Crippen molar-refractivity contribution in [1.82, 2.24) is 8.97 Å². The highest BCUT2D eigenvalue weighted by molar-refractivity contribution is 7.26. The maximum absolute atomic E-state index is 2.51. The standard InChI is InChI=1S/C37H22N2S/c1-38-31-18-17-26-23-9-2-5-14-29(23)39-30-15-6-3-10-24(30)28-19-21(20-32(38)34(28)35(31)36(26)39)22-12-8-13-27-25-11-4-7-16-33(25)40-37(22)27/h2-20H,1H3. The van der Waals surface area contributed by atoms with Gasteiger partial charge in [0.15, 0.2) is 0 Å². The Morgan fingerprint density at radius 1 is 0.500 bits per heavy atom. The molecule has 4 heterocycles. The van der Waals surface area contributed by atoms with E-state index in [0.717, 1.165) is 0 Å². The molecule has 0 saturated carbocycles. The maximum atomic E-state index is 2.51. The first-order valence-electron chi connectivity index (χ1n) is 13.8. The SMILES string of the molecule is Cn1c2cc(-c3cccc4c3sc3ccccc34)cc3c4ccccc4n4c5ccccc5c5ccc1c(c32)c54. The summed E-state index contributed by atoms with van der Waals surface area (Å²) in [7, 11) is 2.23. The molecule has 0 aliphatic heterocycles. The van der Waals surface area contributed by atoms with Crippen LogP contribution in [0.15, 0.2) is 115 Å². The molecule has 0 bridgehead atoms. The van der Waals surface area contributed by atoms with Crippen molar-refractivity contribution in [1.29, 1.82) is 0 Å². The molecule has 0 spiro atoms. The van der Waals surface area contributed by atoms with Gasteiger partial charge in [-0.25, -0.2) is 0 Å². The molecule has 10 rings (SSSR count). The number of aromatic nitrogens is 2. The molecular weight excluding hydrogens is 504 g/mol. The van der Waals surface area contributed by atoms with Crippen molar-refractivity contribution in [3.8, 4) is 11.1 Å². The van der Waals surface area contributed by atoms with Crippen molar-refractivity contribution in [3.63, 3.8) is 0 Å². The van der Waals surface area contributed by atoms with Gasteiger partial charge in [-0.3, -0.25) is 0 Å². The van der Waals surface area contributed by atoms with Crippen molar-refractivity contribution >= 4 is 91.4 Å². The lowest BCUT2D eigenvalue weighted by Crippen LogP contribution is -1.89. The van der Waals surface area contributed by atoms with Gasteiger partial charge in [-0.2, -0.15) is 0 Å². The van der Waals surface area contributed by atoms with E-state index < -0.39 is 0 Å². The van der Waals surface area contributed by atoms with E-state index in [1.54, 1.807) is 0 Å². The van der Waals surface area contributed by atoms with Gasteiger partial charge in [0.2, 0.25) is 0 Å². The van der Waals surface area contributed by atoms with Gasteiger partial charge >= 0.3 is 0 Å². The van der Waals surface area contributed by atoms with Gasteiger partial charge in [-0.05, 0) is 52.9 Å². The number of benzene rings is 6. The van der Waals surface area contributed by atoms with Gasteiger partial charge in [0.05, 0.1) is 27.6 Å². The van der Waals surface area contributed by atoms with Crippen LogP contribution in [0.5, 0.6) is 0 Å². The zero-order valence-corrected chi connectivity index (χ0v) is 22.6. The minimum absolute atomic E-state index is 1.25. The van der Waals surface area contributed by atoms with E-state index >= 15 is 0 Å². The predicted molar refractivity (Wildman–Crippen MR) is 173 cm³/mol. The number of aryl methyl sites for hydroxylation is 1. The Morgan fingerprint density at radius 3 is 2.02 bits per heavy atom. The molecule has 40 heavy (non-hydrogen) atoms. The summed E-state index contributed by atoms with van der Waals surface area (Å²) in [5.74, 6) is 0. The average molecular weight is 527 g/mol. The molecule has 0 saturated heterocycles. The Labute approximate surface area is 233 Å². The summed E-state index contributed by atoms with van der Waals surface area (Å²) in [5, 5.41) is 10.6. The first-order valence-corrected chi connectivity index (χ1v) is 14.6. The minimum atomic E-state index is 1.25. The van der Waals surface area contributed by atoms with E-state index in [0.29, 0.717) is 0 Å². The van der Waals surface area contributed by atoms with Crippen LogP contribution >= 0.6 is 11.3 Å². The predicted octanol–water partition coefficient (Wildman–Crippen LogP) is 10.5. The summed E-state index contributed by atoms with van der Waals surface area (Å²) in [6.07, 6.45) is 0. The van der Waals surface area contributed by atoms with Crippen molar-refractivity contribution in [2.75, 3.05) is 0 Å². The Balaban J connectivity index is 1.47. The fourth-order valence-corrected chi connectivity index (χ4v) is 8.58. The first-order chi connectivity index (χ1) is 19.8. The van der Waals surface area contributed by atoms with Crippen molar-refractivity contribution in [3.05, 3.63) is 115 Å². The molecule has 0 fully saturated rings. The lowest BCUT2D eigenvalue weighted by atomic mass is 9.97. The molecule has 0 amide bonds. The Hall–Kier alpha value is -4.86. The van der Waals surface area contributed by atoms with E-state index in [-0.39, 0.29) is 0 Å². The second kappa shape index (κ2) is 7.20. The highest BCUT2D eigenvalue weighted by Crippen LogP contribution is 2.46. The van der Waals surface area contributed by atoms with Crippen LogP contribution in [0.1, 0.15) is 0 Å². The molecule has 0 radical (unpaired) electrons. The van der Waals surface area contributed by atoms with E-state index in [9.17, 15) is 0 Å². The van der Waals surface area contributed by atoms with Gasteiger partial charge in [0.25, 0.3) is 0 Å². The minimum Gasteiger partial charge on any atom is -0.344 e. The number of hydrogen-bond donors (Lipinski definition) is 0. The number of rotatable bonds is 1. The number of para-hydroxylation sites is 2. The molecule has 0 N–H and O–H groups in total. The molecule has 3 heteroatoms. The smallest absolute Gasteiger partial charge is 0.0641 e. The first kappa shape index (κ1) is 21.0. The number of nitrogens with zero attached hydrogens (tertiary/aromatic N) is 2. The van der Waals surface area contributed by atoms with Crippen LogP contribution in [0, 0.1) is 0 Å². The van der Waals surface area contributed by atoms with Crippen LogP contribution < -0.4 is 0 Å². The van der Waals surface area contributed by atoms with Gasteiger partial charge in [-0.1, -0.05) is 78.9 Å². The van der Waals surface area contributed by atoms with Gasteiger partial charge in [-0.15, -0.1) is 11.3 Å². The fraction of sp³-hybridized carbons (Fsp3) is 0.0270. The zero-order valence-electron chi connectivity index (χ0n) is 21.8. The third-order valence-electron chi connectivity index (χ3n) is 9.06. The molecule has 0 unspecified atom stereocenters. The van der Waals surface area contributed by atoms with Crippen LogP contribution in [0.4, 0.5) is 0 Å². The van der Waals surface area contributed by atoms with E-state index in [4.69, 9.17) is 0 Å². The number of hydrogen-bond acceptors (Lipinski definition) is 1. The quantitative estimate of drug-likeness (QED) is 0.201. The van der Waals surface area contributed by atoms with Gasteiger partial charge in [0.1, 0.15) is 0 Å². The molecule has 2 nitrogen and oxygen atoms in total. The Kier molecular flexibility index (Phi) is 3.79. The fourth-order valence-electron chi connectivity index (χ4n) is 7.35. The van der Waals surface area contributed by atoms with Crippen LogP contribution in [-0.4, -0.2) is 8.97 Å². The topological polar surface area (TPSA) is 9.34 Å². The van der Waals surface area contributed by atoms with E-state index in [2.05, 4.69) is 131 Å². The summed E-state index contributed by atoms with van der Waals surface area (Å²) < 4.78 is 7.61. The van der Waals surface area contributed by atoms with Crippen molar-refractivity contribution < 1.29 is 0 Å².